The summed E-state index contributed by atoms with van der Waals surface area (Å²) in [6.45, 7) is 2.34. The monoisotopic (exact) mass is 785 g/mol. The Kier molecular flexibility index (Phi) is 11.7. The van der Waals surface area contributed by atoms with E-state index >= 15 is 0 Å². The molecule has 0 fully saturated rings. The van der Waals surface area contributed by atoms with E-state index in [4.69, 9.17) is 0 Å². The second-order valence-corrected chi connectivity index (χ2v) is 15.3. The zero-order valence-corrected chi connectivity index (χ0v) is 34.3. The molecule has 2 unspecified atom stereocenters. The Bertz CT molecular complexity index is 2720. The molecule has 294 valence electrons. The highest BCUT2D eigenvalue weighted by Gasteiger charge is 2.28. The lowest BCUT2D eigenvalue weighted by Gasteiger charge is -2.38. The standard InChI is InChI=1S/C58H47N3/c1-45-43-56(60(52-31-19-8-20-32-52)51-25-13-2-3-14-26-51)41-42-58(45)61(55-39-37-53(38-40-55)59(49-27-15-6-16-28-49)50-29-17-7-18-30-50)54-35-33-48(34-36-54)57(47-23-11-5-12-24-47)44-46-21-9-4-10-22-46/h2-13,15-25,27-42,44-45,51H,43H2,1H3/b57-44-. The molecule has 2 aliphatic carbocycles. The minimum absolute atomic E-state index is 0.0816. The molecular weight excluding hydrogens is 739 g/mol. The van der Waals surface area contributed by atoms with Crippen LogP contribution in [0.5, 0.6) is 0 Å². The van der Waals surface area contributed by atoms with E-state index in [2.05, 4.69) is 264 Å². The van der Waals surface area contributed by atoms with Crippen LogP contribution in [-0.4, -0.2) is 6.04 Å². The third-order valence-electron chi connectivity index (χ3n) is 11.2. The largest absolute Gasteiger partial charge is 0.327 e. The van der Waals surface area contributed by atoms with Crippen molar-refractivity contribution in [1.29, 1.82) is 0 Å². The van der Waals surface area contributed by atoms with E-state index in [0.29, 0.717) is 0 Å². The van der Waals surface area contributed by atoms with Crippen LogP contribution in [0.4, 0.5) is 34.1 Å². The van der Waals surface area contributed by atoms with Crippen LogP contribution in [0.15, 0.2) is 248 Å². The van der Waals surface area contributed by atoms with Crippen molar-refractivity contribution in [3.63, 3.8) is 0 Å². The molecule has 7 aromatic carbocycles. The lowest BCUT2D eigenvalue weighted by atomic mass is 9.92. The second-order valence-electron chi connectivity index (χ2n) is 15.3. The molecular formula is C58H47N3. The molecule has 0 aliphatic heterocycles. The SMILES string of the molecule is CC1CC(N(c2ccccc2)C2C#CC=CC=C2)=CC=C1N(c1ccc(/C(=C\c2ccccc2)c2ccccc2)cc1)c1ccc(N(c2ccccc2)c2ccccc2)cc1. The number of hydrogen-bond donors (Lipinski definition) is 0. The first-order valence-corrected chi connectivity index (χ1v) is 21.0. The van der Waals surface area contributed by atoms with Gasteiger partial charge in [0.2, 0.25) is 0 Å². The van der Waals surface area contributed by atoms with Crippen molar-refractivity contribution in [2.45, 2.75) is 19.4 Å². The summed E-state index contributed by atoms with van der Waals surface area (Å²) in [6, 6.07) is 71.0. The van der Waals surface area contributed by atoms with Crippen LogP contribution in [0.1, 0.15) is 30.0 Å². The first-order valence-electron chi connectivity index (χ1n) is 21.0. The maximum atomic E-state index is 3.48. The molecule has 0 amide bonds. The maximum Gasteiger partial charge on any atom is 0.114 e. The van der Waals surface area contributed by atoms with Crippen molar-refractivity contribution in [3.05, 3.63) is 265 Å². The summed E-state index contributed by atoms with van der Waals surface area (Å²) < 4.78 is 0. The zero-order chi connectivity index (χ0) is 41.2. The number of anilines is 6. The molecule has 0 N–H and O–H groups in total. The van der Waals surface area contributed by atoms with E-state index in [9.17, 15) is 0 Å². The average Bonchev–Trinajstić information content (AvgIpc) is 3.61. The summed E-state index contributed by atoms with van der Waals surface area (Å²) in [6.07, 6.45) is 16.0. The molecule has 3 heteroatoms. The van der Waals surface area contributed by atoms with Crippen molar-refractivity contribution in [2.75, 3.05) is 14.7 Å². The molecule has 3 nitrogen and oxygen atoms in total. The Morgan fingerprint density at radius 2 is 0.967 bits per heavy atom. The van der Waals surface area contributed by atoms with Gasteiger partial charge >= 0.3 is 0 Å². The van der Waals surface area contributed by atoms with E-state index in [1.165, 1.54) is 28.1 Å². The third-order valence-corrected chi connectivity index (χ3v) is 11.2. The van der Waals surface area contributed by atoms with Gasteiger partial charge in [0.15, 0.2) is 0 Å². The Morgan fingerprint density at radius 3 is 1.54 bits per heavy atom. The van der Waals surface area contributed by atoms with E-state index in [1.807, 2.05) is 12.2 Å². The van der Waals surface area contributed by atoms with Crippen molar-refractivity contribution in [1.82, 2.24) is 0 Å². The normalized spacial score (nSPS) is 15.7. The first-order chi connectivity index (χ1) is 30.2. The molecule has 7 aromatic rings. The maximum absolute atomic E-state index is 3.48. The second kappa shape index (κ2) is 18.4. The lowest BCUT2D eigenvalue weighted by molar-refractivity contribution is 0.626. The van der Waals surface area contributed by atoms with Crippen LogP contribution in [0.2, 0.25) is 0 Å². The molecule has 0 saturated heterocycles. The zero-order valence-electron chi connectivity index (χ0n) is 34.3. The Balaban J connectivity index is 1.14. The average molecular weight is 786 g/mol. The number of rotatable bonds is 12. The Hall–Kier alpha value is -7.80. The van der Waals surface area contributed by atoms with Gasteiger partial charge in [0.25, 0.3) is 0 Å². The van der Waals surface area contributed by atoms with Gasteiger partial charge in [0.1, 0.15) is 6.04 Å². The Morgan fingerprint density at radius 1 is 0.492 bits per heavy atom. The minimum Gasteiger partial charge on any atom is -0.327 e. The van der Waals surface area contributed by atoms with E-state index < -0.39 is 0 Å². The van der Waals surface area contributed by atoms with Crippen LogP contribution < -0.4 is 14.7 Å². The van der Waals surface area contributed by atoms with Gasteiger partial charge in [-0.15, -0.1) is 0 Å². The number of benzene rings is 7. The summed E-state index contributed by atoms with van der Waals surface area (Å²) in [5.41, 5.74) is 13.8. The van der Waals surface area contributed by atoms with Gasteiger partial charge in [0, 0.05) is 51.4 Å². The summed E-state index contributed by atoms with van der Waals surface area (Å²) in [5.74, 6) is 6.91. The van der Waals surface area contributed by atoms with E-state index in [-0.39, 0.29) is 12.0 Å². The van der Waals surface area contributed by atoms with Gasteiger partial charge in [-0.2, -0.15) is 0 Å². The van der Waals surface area contributed by atoms with Crippen molar-refractivity contribution in [2.24, 2.45) is 5.92 Å². The number of hydrogen-bond acceptors (Lipinski definition) is 3. The molecule has 0 spiro atoms. The molecule has 2 aliphatic rings. The van der Waals surface area contributed by atoms with Crippen LogP contribution in [0.3, 0.4) is 0 Å². The van der Waals surface area contributed by atoms with Gasteiger partial charge in [-0.05, 0) is 132 Å². The molecule has 2 atom stereocenters. The highest BCUT2D eigenvalue weighted by molar-refractivity contribution is 5.92. The van der Waals surface area contributed by atoms with Gasteiger partial charge in [-0.1, -0.05) is 158 Å². The topological polar surface area (TPSA) is 9.72 Å². The highest BCUT2D eigenvalue weighted by atomic mass is 15.2. The summed E-state index contributed by atoms with van der Waals surface area (Å²) >= 11 is 0. The van der Waals surface area contributed by atoms with E-state index in [0.717, 1.165) is 46.1 Å². The number of para-hydroxylation sites is 3. The number of nitrogens with zero attached hydrogens (tertiary/aromatic N) is 3. The predicted octanol–water partition coefficient (Wildman–Crippen LogP) is 14.7. The molecule has 9 rings (SSSR count). The fourth-order valence-corrected chi connectivity index (χ4v) is 8.26. The highest BCUT2D eigenvalue weighted by Crippen LogP contribution is 2.42. The van der Waals surface area contributed by atoms with Crippen LogP contribution in [0.25, 0.3) is 11.6 Å². The molecule has 0 aromatic heterocycles. The molecule has 0 radical (unpaired) electrons. The number of allylic oxidation sites excluding steroid dienone is 7. The van der Waals surface area contributed by atoms with Crippen LogP contribution in [-0.2, 0) is 0 Å². The van der Waals surface area contributed by atoms with Gasteiger partial charge < -0.3 is 14.7 Å². The minimum atomic E-state index is -0.0816. The predicted molar refractivity (Wildman–Crippen MR) is 258 cm³/mol. The fourth-order valence-electron chi connectivity index (χ4n) is 8.26. The van der Waals surface area contributed by atoms with E-state index in [1.54, 1.807) is 0 Å². The van der Waals surface area contributed by atoms with Crippen LogP contribution in [0, 0.1) is 17.8 Å². The van der Waals surface area contributed by atoms with Crippen LogP contribution >= 0.6 is 0 Å². The molecule has 0 saturated carbocycles. The van der Waals surface area contributed by atoms with Crippen molar-refractivity contribution < 1.29 is 0 Å². The smallest absolute Gasteiger partial charge is 0.114 e. The quantitative estimate of drug-likeness (QED) is 0.0902. The molecule has 61 heavy (non-hydrogen) atoms. The van der Waals surface area contributed by atoms with Gasteiger partial charge in [-0.25, -0.2) is 0 Å². The summed E-state index contributed by atoms with van der Waals surface area (Å²) in [7, 11) is 0. The third kappa shape index (κ3) is 8.81. The molecule has 0 heterocycles. The summed E-state index contributed by atoms with van der Waals surface area (Å²) in [5, 5.41) is 0. The van der Waals surface area contributed by atoms with Gasteiger partial charge in [0.05, 0.1) is 0 Å². The van der Waals surface area contributed by atoms with Crippen molar-refractivity contribution in [3.8, 4) is 11.8 Å². The molecule has 0 bridgehead atoms. The lowest BCUT2D eigenvalue weighted by Crippen LogP contribution is -2.35. The van der Waals surface area contributed by atoms with Gasteiger partial charge in [-0.3, -0.25) is 0 Å². The Labute approximate surface area is 360 Å². The summed E-state index contributed by atoms with van der Waals surface area (Å²) in [4.78, 5) is 7.13. The fraction of sp³-hybridized carbons (Fsp3) is 0.0690. The first kappa shape index (κ1) is 38.7. The van der Waals surface area contributed by atoms with Crippen molar-refractivity contribution >= 4 is 45.8 Å².